The van der Waals surface area contributed by atoms with Crippen LogP contribution in [0, 0.1) is 5.92 Å². The van der Waals surface area contributed by atoms with Gasteiger partial charge in [-0.2, -0.15) is 0 Å². The highest BCUT2D eigenvalue weighted by Gasteiger charge is 2.25. The molecule has 1 saturated carbocycles. The van der Waals surface area contributed by atoms with Crippen LogP contribution in [-0.2, 0) is 0 Å². The van der Waals surface area contributed by atoms with Gasteiger partial charge in [0.2, 0.25) is 0 Å². The van der Waals surface area contributed by atoms with Crippen LogP contribution in [0.3, 0.4) is 0 Å². The van der Waals surface area contributed by atoms with Gasteiger partial charge in [-0.3, -0.25) is 0 Å². The maximum atomic E-state index is 8.79. The highest BCUT2D eigenvalue weighted by Crippen LogP contribution is 2.24. The molecule has 0 aliphatic heterocycles. The predicted molar refractivity (Wildman–Crippen MR) is 54.8 cm³/mol. The van der Waals surface area contributed by atoms with Gasteiger partial charge in [0.25, 0.3) is 0 Å². The average Bonchev–Trinajstić information content (AvgIpc) is 2.94. The van der Waals surface area contributed by atoms with Crippen LogP contribution in [-0.4, -0.2) is 49.3 Å². The number of hydrogen-bond acceptors (Lipinski definition) is 3. The highest BCUT2D eigenvalue weighted by atomic mass is 16.3. The Morgan fingerprint density at radius 2 is 2.23 bits per heavy atom. The lowest BCUT2D eigenvalue weighted by Gasteiger charge is -2.16. The first-order chi connectivity index (χ1) is 6.24. The molecule has 1 atom stereocenters. The number of aliphatic hydroxyl groups is 1. The van der Waals surface area contributed by atoms with Crippen molar-refractivity contribution in [1.82, 2.24) is 10.2 Å². The van der Waals surface area contributed by atoms with Crippen molar-refractivity contribution in [3.05, 3.63) is 0 Å². The molecular weight excluding hydrogens is 164 g/mol. The lowest BCUT2D eigenvalue weighted by molar-refractivity contribution is 0.231. The van der Waals surface area contributed by atoms with E-state index in [1.807, 2.05) is 0 Å². The third-order valence-electron chi connectivity index (χ3n) is 2.62. The molecule has 2 N–H and O–H groups in total. The fourth-order valence-corrected chi connectivity index (χ4v) is 1.37. The van der Waals surface area contributed by atoms with E-state index < -0.39 is 0 Å². The molecule has 3 nitrogen and oxygen atoms in total. The SMILES string of the molecule is CC(CO)CNCCN(C)C1CC1. The van der Waals surface area contributed by atoms with Crippen molar-refractivity contribution < 1.29 is 5.11 Å². The van der Waals surface area contributed by atoms with E-state index in [1.165, 1.54) is 12.8 Å². The first kappa shape index (κ1) is 11.0. The Kier molecular flexibility index (Phi) is 4.70. The fraction of sp³-hybridized carbons (Fsp3) is 1.00. The molecule has 78 valence electrons. The number of hydrogen-bond donors (Lipinski definition) is 2. The number of aliphatic hydroxyl groups excluding tert-OH is 1. The lowest BCUT2D eigenvalue weighted by atomic mass is 10.2. The van der Waals surface area contributed by atoms with E-state index in [2.05, 4.69) is 24.2 Å². The van der Waals surface area contributed by atoms with E-state index in [1.54, 1.807) is 0 Å². The molecule has 0 aromatic rings. The van der Waals surface area contributed by atoms with E-state index in [0.29, 0.717) is 5.92 Å². The average molecular weight is 186 g/mol. The molecule has 1 rings (SSSR count). The molecule has 1 aliphatic rings. The summed E-state index contributed by atoms with van der Waals surface area (Å²) in [5, 5.41) is 12.1. The molecule has 0 radical (unpaired) electrons. The van der Waals surface area contributed by atoms with E-state index in [-0.39, 0.29) is 6.61 Å². The molecule has 0 aromatic heterocycles. The van der Waals surface area contributed by atoms with Gasteiger partial charge in [0.15, 0.2) is 0 Å². The summed E-state index contributed by atoms with van der Waals surface area (Å²) in [4.78, 5) is 2.41. The van der Waals surface area contributed by atoms with Gasteiger partial charge in [-0.25, -0.2) is 0 Å². The van der Waals surface area contributed by atoms with Crippen molar-refractivity contribution >= 4 is 0 Å². The second-order valence-electron chi connectivity index (χ2n) is 4.20. The zero-order valence-electron chi connectivity index (χ0n) is 8.79. The quantitative estimate of drug-likeness (QED) is 0.561. The Morgan fingerprint density at radius 1 is 1.54 bits per heavy atom. The summed E-state index contributed by atoms with van der Waals surface area (Å²) < 4.78 is 0. The number of likely N-dealkylation sites (N-methyl/N-ethyl adjacent to an activating group) is 1. The van der Waals surface area contributed by atoms with Crippen LogP contribution in [0.2, 0.25) is 0 Å². The van der Waals surface area contributed by atoms with Crippen LogP contribution < -0.4 is 5.32 Å². The minimum Gasteiger partial charge on any atom is -0.396 e. The molecular formula is C10H22N2O. The van der Waals surface area contributed by atoms with Gasteiger partial charge in [-0.15, -0.1) is 0 Å². The normalized spacial score (nSPS) is 19.4. The van der Waals surface area contributed by atoms with E-state index >= 15 is 0 Å². The Morgan fingerprint density at radius 3 is 2.77 bits per heavy atom. The van der Waals surface area contributed by atoms with Crippen molar-refractivity contribution in [2.24, 2.45) is 5.92 Å². The Hall–Kier alpha value is -0.120. The van der Waals surface area contributed by atoms with Crippen molar-refractivity contribution in [2.45, 2.75) is 25.8 Å². The van der Waals surface area contributed by atoms with Crippen LogP contribution >= 0.6 is 0 Å². The van der Waals surface area contributed by atoms with Gasteiger partial charge in [-0.05, 0) is 32.4 Å². The van der Waals surface area contributed by atoms with Crippen molar-refractivity contribution in [3.8, 4) is 0 Å². The predicted octanol–water partition coefficient (Wildman–Crippen LogP) is 0.299. The third kappa shape index (κ3) is 4.60. The van der Waals surface area contributed by atoms with Crippen LogP contribution in [0.1, 0.15) is 19.8 Å². The maximum absolute atomic E-state index is 8.79. The van der Waals surface area contributed by atoms with Crippen LogP contribution in [0.4, 0.5) is 0 Å². The highest BCUT2D eigenvalue weighted by molar-refractivity contribution is 4.82. The number of rotatable bonds is 7. The minimum atomic E-state index is 0.283. The summed E-state index contributed by atoms with van der Waals surface area (Å²) in [6.45, 7) is 5.43. The van der Waals surface area contributed by atoms with Crippen LogP contribution in [0.15, 0.2) is 0 Å². The lowest BCUT2D eigenvalue weighted by Crippen LogP contribution is -2.33. The Bertz CT molecular complexity index is 137. The molecule has 0 heterocycles. The Balaban J connectivity index is 1.88. The van der Waals surface area contributed by atoms with E-state index in [0.717, 1.165) is 25.7 Å². The zero-order chi connectivity index (χ0) is 9.68. The second-order valence-corrected chi connectivity index (χ2v) is 4.20. The first-order valence-corrected chi connectivity index (χ1v) is 5.26. The van der Waals surface area contributed by atoms with Crippen LogP contribution in [0.25, 0.3) is 0 Å². The monoisotopic (exact) mass is 186 g/mol. The van der Waals surface area contributed by atoms with Gasteiger partial charge >= 0.3 is 0 Å². The van der Waals surface area contributed by atoms with Gasteiger partial charge in [-0.1, -0.05) is 6.92 Å². The third-order valence-corrected chi connectivity index (χ3v) is 2.62. The van der Waals surface area contributed by atoms with Crippen molar-refractivity contribution in [2.75, 3.05) is 33.3 Å². The summed E-state index contributed by atoms with van der Waals surface area (Å²) in [5.41, 5.74) is 0. The molecule has 1 unspecified atom stereocenters. The second kappa shape index (κ2) is 5.58. The van der Waals surface area contributed by atoms with Gasteiger partial charge in [0, 0.05) is 25.7 Å². The maximum Gasteiger partial charge on any atom is 0.0468 e. The molecule has 13 heavy (non-hydrogen) atoms. The molecule has 0 bridgehead atoms. The smallest absolute Gasteiger partial charge is 0.0468 e. The summed E-state index contributed by atoms with van der Waals surface area (Å²) in [6.07, 6.45) is 2.76. The summed E-state index contributed by atoms with van der Waals surface area (Å²) in [6, 6.07) is 0.858. The molecule has 1 aliphatic carbocycles. The largest absolute Gasteiger partial charge is 0.396 e. The molecule has 0 spiro atoms. The topological polar surface area (TPSA) is 35.5 Å². The Labute approximate surface area is 81.1 Å². The molecule has 3 heteroatoms. The standard InChI is InChI=1S/C10H22N2O/c1-9(8-13)7-11-5-6-12(2)10-3-4-10/h9-11,13H,3-8H2,1-2H3. The summed E-state index contributed by atoms with van der Waals surface area (Å²) >= 11 is 0. The van der Waals surface area contributed by atoms with Gasteiger partial charge < -0.3 is 15.3 Å². The fourth-order valence-electron chi connectivity index (χ4n) is 1.37. The molecule has 0 amide bonds. The van der Waals surface area contributed by atoms with Crippen LogP contribution in [0.5, 0.6) is 0 Å². The van der Waals surface area contributed by atoms with Crippen molar-refractivity contribution in [3.63, 3.8) is 0 Å². The van der Waals surface area contributed by atoms with Gasteiger partial charge in [0.05, 0.1) is 0 Å². The van der Waals surface area contributed by atoms with E-state index in [4.69, 9.17) is 5.11 Å². The number of nitrogens with one attached hydrogen (secondary N) is 1. The summed E-state index contributed by atoms with van der Waals surface area (Å²) in [7, 11) is 2.19. The zero-order valence-corrected chi connectivity index (χ0v) is 8.79. The van der Waals surface area contributed by atoms with Gasteiger partial charge in [0.1, 0.15) is 0 Å². The molecule has 1 fully saturated rings. The first-order valence-electron chi connectivity index (χ1n) is 5.26. The number of nitrogens with zero attached hydrogens (tertiary/aromatic N) is 1. The summed E-state index contributed by atoms with van der Waals surface area (Å²) in [5.74, 6) is 0.381. The molecule has 0 saturated heterocycles. The van der Waals surface area contributed by atoms with E-state index in [9.17, 15) is 0 Å². The van der Waals surface area contributed by atoms with Crippen molar-refractivity contribution in [1.29, 1.82) is 0 Å². The molecule has 0 aromatic carbocycles. The minimum absolute atomic E-state index is 0.283.